The Morgan fingerprint density at radius 1 is 1.19 bits per heavy atom. The van der Waals surface area contributed by atoms with Gasteiger partial charge in [0.25, 0.3) is 0 Å². The Bertz CT molecular complexity index is 461. The van der Waals surface area contributed by atoms with Crippen LogP contribution in [0.25, 0.3) is 0 Å². The third kappa shape index (κ3) is 3.97. The third-order valence-corrected chi connectivity index (χ3v) is 5.12. The van der Waals surface area contributed by atoms with Gasteiger partial charge in [-0.1, -0.05) is 24.6 Å². The maximum Gasteiger partial charge on any atom is 0.231 e. The Morgan fingerprint density at radius 3 is 2.67 bits per heavy atom. The fourth-order valence-electron chi connectivity index (χ4n) is 2.80. The lowest BCUT2D eigenvalue weighted by Gasteiger charge is -2.27. The van der Waals surface area contributed by atoms with Gasteiger partial charge in [0.2, 0.25) is 11.9 Å². The molecule has 0 unspecified atom stereocenters. The topological polar surface area (TPSA) is 63.2 Å². The van der Waals surface area contributed by atoms with Gasteiger partial charge in [0.1, 0.15) is 0 Å². The van der Waals surface area contributed by atoms with E-state index >= 15 is 0 Å². The van der Waals surface area contributed by atoms with Crippen molar-refractivity contribution in [3.63, 3.8) is 0 Å². The summed E-state index contributed by atoms with van der Waals surface area (Å²) in [4.78, 5) is 15.8. The van der Waals surface area contributed by atoms with Gasteiger partial charge in [-0.3, -0.25) is 0 Å². The highest BCUT2D eigenvalue weighted by Gasteiger charge is 2.19. The zero-order valence-electron chi connectivity index (χ0n) is 12.5. The van der Waals surface area contributed by atoms with Crippen molar-refractivity contribution in [1.29, 1.82) is 0 Å². The summed E-state index contributed by atoms with van der Waals surface area (Å²) in [6.07, 6.45) is 5.47. The molecule has 0 amide bonds. The summed E-state index contributed by atoms with van der Waals surface area (Å²) in [5.74, 6) is 3.37. The predicted molar refractivity (Wildman–Crippen MR) is 85.1 cm³/mol. The van der Waals surface area contributed by atoms with E-state index in [0.29, 0.717) is 5.95 Å². The monoisotopic (exact) mass is 309 g/mol. The van der Waals surface area contributed by atoms with Gasteiger partial charge in [-0.15, -0.1) is 0 Å². The summed E-state index contributed by atoms with van der Waals surface area (Å²) in [5.41, 5.74) is 0. The van der Waals surface area contributed by atoms with Crippen molar-refractivity contribution in [2.24, 2.45) is 5.92 Å². The first-order chi connectivity index (χ1) is 10.3. The van der Waals surface area contributed by atoms with Gasteiger partial charge in [-0.05, 0) is 18.8 Å². The van der Waals surface area contributed by atoms with Crippen LogP contribution in [0.3, 0.4) is 0 Å². The number of aromatic nitrogens is 3. The van der Waals surface area contributed by atoms with Gasteiger partial charge in [-0.2, -0.15) is 15.0 Å². The number of anilines is 2. The van der Waals surface area contributed by atoms with Crippen LogP contribution in [0.4, 0.5) is 11.9 Å². The Balaban J connectivity index is 1.69. The minimum Gasteiger partial charge on any atom is -0.378 e. The van der Waals surface area contributed by atoms with Crippen LogP contribution < -0.4 is 10.2 Å². The molecule has 1 N–H and O–H groups in total. The van der Waals surface area contributed by atoms with Crippen molar-refractivity contribution in [2.45, 2.75) is 30.8 Å². The molecule has 1 aliphatic carbocycles. The standard InChI is InChI=1S/C14H23N5OS/c1-15-12-16-13(19-6-8-20-9-7-19)18-14(17-12)21-10-11-4-2-3-5-11/h11H,2-10H2,1H3,(H,15,16,17,18). The average Bonchev–Trinajstić information content (AvgIpc) is 3.07. The van der Waals surface area contributed by atoms with E-state index in [1.54, 1.807) is 11.8 Å². The van der Waals surface area contributed by atoms with E-state index in [2.05, 4.69) is 25.2 Å². The summed E-state index contributed by atoms with van der Waals surface area (Å²) < 4.78 is 5.39. The SMILES string of the molecule is CNc1nc(SCC2CCCC2)nc(N2CCOCC2)n1. The van der Waals surface area contributed by atoms with Crippen molar-refractivity contribution in [1.82, 2.24) is 15.0 Å². The zero-order chi connectivity index (χ0) is 14.5. The van der Waals surface area contributed by atoms with Gasteiger partial charge < -0.3 is 15.0 Å². The van der Waals surface area contributed by atoms with Gasteiger partial charge >= 0.3 is 0 Å². The Hall–Kier alpha value is -1.08. The molecule has 2 heterocycles. The van der Waals surface area contributed by atoms with Crippen molar-refractivity contribution < 1.29 is 4.74 Å². The number of hydrogen-bond acceptors (Lipinski definition) is 7. The molecule has 0 aromatic carbocycles. The predicted octanol–water partition coefficient (Wildman–Crippen LogP) is 2.03. The maximum absolute atomic E-state index is 5.39. The van der Waals surface area contributed by atoms with Crippen LogP contribution in [0.2, 0.25) is 0 Å². The Labute approximate surface area is 130 Å². The average molecular weight is 309 g/mol. The molecule has 2 aliphatic rings. The second-order valence-electron chi connectivity index (χ2n) is 5.55. The second-order valence-corrected chi connectivity index (χ2v) is 6.54. The molecule has 1 aromatic rings. The van der Waals surface area contributed by atoms with Crippen LogP contribution >= 0.6 is 11.8 Å². The molecule has 0 atom stereocenters. The van der Waals surface area contributed by atoms with Gasteiger partial charge in [0, 0.05) is 25.9 Å². The molecule has 1 aromatic heterocycles. The first kappa shape index (κ1) is 14.8. The second kappa shape index (κ2) is 7.26. The van der Waals surface area contributed by atoms with E-state index in [0.717, 1.165) is 49.1 Å². The number of nitrogens with zero attached hydrogens (tertiary/aromatic N) is 4. The first-order valence-corrected chi connectivity index (χ1v) is 8.73. The molecular formula is C14H23N5OS. The van der Waals surface area contributed by atoms with Crippen LogP contribution in [0, 0.1) is 5.92 Å². The van der Waals surface area contributed by atoms with E-state index in [9.17, 15) is 0 Å². The molecule has 0 bridgehead atoms. The minimum atomic E-state index is 0.653. The molecule has 0 radical (unpaired) electrons. The first-order valence-electron chi connectivity index (χ1n) is 7.74. The lowest BCUT2D eigenvalue weighted by molar-refractivity contribution is 0.122. The van der Waals surface area contributed by atoms with E-state index in [1.165, 1.54) is 25.7 Å². The zero-order valence-corrected chi connectivity index (χ0v) is 13.4. The van der Waals surface area contributed by atoms with Gasteiger partial charge in [0.15, 0.2) is 5.16 Å². The molecule has 116 valence electrons. The number of ether oxygens (including phenoxy) is 1. The molecule has 1 aliphatic heterocycles. The van der Waals surface area contributed by atoms with E-state index in [-0.39, 0.29) is 0 Å². The summed E-state index contributed by atoms with van der Waals surface area (Å²) in [6.45, 7) is 3.18. The smallest absolute Gasteiger partial charge is 0.231 e. The summed E-state index contributed by atoms with van der Waals surface area (Å²) in [6, 6.07) is 0. The lowest BCUT2D eigenvalue weighted by atomic mass is 10.1. The quantitative estimate of drug-likeness (QED) is 0.835. The van der Waals surface area contributed by atoms with Gasteiger partial charge in [0.05, 0.1) is 13.2 Å². The summed E-state index contributed by atoms with van der Waals surface area (Å²) in [5, 5.41) is 3.88. The number of nitrogens with one attached hydrogen (secondary N) is 1. The normalized spacial score (nSPS) is 20.0. The highest BCUT2D eigenvalue weighted by molar-refractivity contribution is 7.99. The fraction of sp³-hybridized carbons (Fsp3) is 0.786. The molecule has 0 spiro atoms. The number of hydrogen-bond donors (Lipinski definition) is 1. The van der Waals surface area contributed by atoms with Crippen molar-refractivity contribution in [3.8, 4) is 0 Å². The highest BCUT2D eigenvalue weighted by atomic mass is 32.2. The van der Waals surface area contributed by atoms with Crippen molar-refractivity contribution in [3.05, 3.63) is 0 Å². The Morgan fingerprint density at radius 2 is 1.95 bits per heavy atom. The molecule has 1 saturated carbocycles. The highest BCUT2D eigenvalue weighted by Crippen LogP contribution is 2.30. The summed E-state index contributed by atoms with van der Waals surface area (Å²) in [7, 11) is 1.85. The lowest BCUT2D eigenvalue weighted by Crippen LogP contribution is -2.37. The maximum atomic E-state index is 5.39. The molecule has 7 heteroatoms. The third-order valence-electron chi connectivity index (χ3n) is 4.04. The van der Waals surface area contributed by atoms with Crippen LogP contribution in [-0.2, 0) is 4.74 Å². The molecule has 2 fully saturated rings. The molecule has 21 heavy (non-hydrogen) atoms. The number of thioether (sulfide) groups is 1. The fourth-order valence-corrected chi connectivity index (χ4v) is 3.81. The van der Waals surface area contributed by atoms with Crippen LogP contribution in [-0.4, -0.2) is 54.1 Å². The van der Waals surface area contributed by atoms with Gasteiger partial charge in [-0.25, -0.2) is 0 Å². The van der Waals surface area contributed by atoms with E-state index in [1.807, 2.05) is 7.05 Å². The number of rotatable bonds is 5. The largest absolute Gasteiger partial charge is 0.378 e. The van der Waals surface area contributed by atoms with E-state index in [4.69, 9.17) is 4.74 Å². The minimum absolute atomic E-state index is 0.653. The van der Waals surface area contributed by atoms with Crippen LogP contribution in [0.15, 0.2) is 5.16 Å². The Kier molecular flexibility index (Phi) is 5.13. The van der Waals surface area contributed by atoms with Crippen molar-refractivity contribution >= 4 is 23.7 Å². The summed E-state index contributed by atoms with van der Waals surface area (Å²) >= 11 is 1.77. The molecule has 6 nitrogen and oxygen atoms in total. The molecular weight excluding hydrogens is 286 g/mol. The van der Waals surface area contributed by atoms with Crippen molar-refractivity contribution in [2.75, 3.05) is 49.3 Å². The van der Waals surface area contributed by atoms with Crippen LogP contribution in [0.5, 0.6) is 0 Å². The molecule has 3 rings (SSSR count). The number of morpholine rings is 1. The van der Waals surface area contributed by atoms with E-state index < -0.39 is 0 Å². The van der Waals surface area contributed by atoms with Crippen LogP contribution in [0.1, 0.15) is 25.7 Å². The molecule has 1 saturated heterocycles.